The van der Waals surface area contributed by atoms with E-state index in [0.29, 0.717) is 17.8 Å². The molecule has 3 aromatic rings. The first-order valence-electron chi connectivity index (χ1n) is 7.46. The van der Waals surface area contributed by atoms with Crippen LogP contribution >= 0.6 is 0 Å². The number of aromatic nitrogens is 2. The zero-order chi connectivity index (χ0) is 16.9. The molecule has 0 radical (unpaired) electrons. The second-order valence-corrected chi connectivity index (χ2v) is 5.33. The van der Waals surface area contributed by atoms with E-state index in [-0.39, 0.29) is 11.7 Å². The predicted octanol–water partition coefficient (Wildman–Crippen LogP) is 2.29. The van der Waals surface area contributed by atoms with Gasteiger partial charge in [0.05, 0.1) is 5.69 Å². The maximum atomic E-state index is 12.2. The molecule has 120 valence electrons. The lowest BCUT2D eigenvalue weighted by atomic mass is 10.1. The minimum atomic E-state index is -0.222. The quantitative estimate of drug-likeness (QED) is 0.428. The first-order valence-corrected chi connectivity index (χ1v) is 7.46. The Morgan fingerprint density at radius 1 is 1.12 bits per heavy atom. The molecule has 0 saturated heterocycles. The Kier molecular flexibility index (Phi) is 4.38. The van der Waals surface area contributed by atoms with Crippen molar-refractivity contribution in [1.82, 2.24) is 15.5 Å². The third kappa shape index (κ3) is 3.49. The maximum absolute atomic E-state index is 12.2. The van der Waals surface area contributed by atoms with Crippen LogP contribution in [-0.4, -0.2) is 21.9 Å². The number of nitrogen functional groups attached to an aromatic ring is 1. The number of amides is 1. The minimum absolute atomic E-state index is 0.0245. The Morgan fingerprint density at radius 2 is 1.83 bits per heavy atom. The fraction of sp³-hybridized carbons (Fsp3) is 0.0556. The van der Waals surface area contributed by atoms with E-state index in [1.807, 2.05) is 42.5 Å². The van der Waals surface area contributed by atoms with Crippen molar-refractivity contribution < 1.29 is 4.79 Å². The smallest absolute Gasteiger partial charge is 0.269 e. The molecule has 0 fully saturated rings. The summed E-state index contributed by atoms with van der Waals surface area (Å²) in [6, 6.07) is 18.6. The van der Waals surface area contributed by atoms with Gasteiger partial charge in [-0.3, -0.25) is 15.3 Å². The molecule has 6 heteroatoms. The highest BCUT2D eigenvalue weighted by Crippen LogP contribution is 2.16. The van der Waals surface area contributed by atoms with Gasteiger partial charge in [0.25, 0.3) is 5.91 Å². The van der Waals surface area contributed by atoms with Gasteiger partial charge in [0.2, 0.25) is 0 Å². The SMILES string of the molecule is N=C(N)c1ccc(CNC(=O)c2cc(-c3ccccc3)n[nH]2)cc1. The van der Waals surface area contributed by atoms with Gasteiger partial charge in [-0.05, 0) is 11.6 Å². The second kappa shape index (κ2) is 6.78. The summed E-state index contributed by atoms with van der Waals surface area (Å²) < 4.78 is 0. The van der Waals surface area contributed by atoms with Crippen LogP contribution in [0.4, 0.5) is 0 Å². The molecule has 0 aliphatic rings. The number of aromatic amines is 1. The van der Waals surface area contributed by atoms with Crippen LogP contribution in [0.3, 0.4) is 0 Å². The number of nitrogens with one attached hydrogen (secondary N) is 3. The van der Waals surface area contributed by atoms with Gasteiger partial charge in [-0.2, -0.15) is 5.10 Å². The molecular weight excluding hydrogens is 302 g/mol. The lowest BCUT2D eigenvalue weighted by Gasteiger charge is -2.05. The van der Waals surface area contributed by atoms with E-state index in [0.717, 1.165) is 16.8 Å². The van der Waals surface area contributed by atoms with Gasteiger partial charge in [-0.1, -0.05) is 54.6 Å². The molecule has 1 heterocycles. The molecule has 1 aromatic heterocycles. The molecule has 0 aliphatic carbocycles. The van der Waals surface area contributed by atoms with Gasteiger partial charge in [0, 0.05) is 17.7 Å². The first-order chi connectivity index (χ1) is 11.6. The van der Waals surface area contributed by atoms with Crippen LogP contribution in [0.15, 0.2) is 60.7 Å². The van der Waals surface area contributed by atoms with Crippen molar-refractivity contribution in [1.29, 1.82) is 5.41 Å². The Bertz CT molecular complexity index is 853. The molecule has 24 heavy (non-hydrogen) atoms. The average molecular weight is 319 g/mol. The molecular formula is C18H17N5O. The number of rotatable bonds is 5. The van der Waals surface area contributed by atoms with Crippen LogP contribution in [0.25, 0.3) is 11.3 Å². The highest BCUT2D eigenvalue weighted by molar-refractivity contribution is 5.95. The van der Waals surface area contributed by atoms with Crippen molar-refractivity contribution >= 4 is 11.7 Å². The van der Waals surface area contributed by atoms with Gasteiger partial charge in [-0.15, -0.1) is 0 Å². The monoisotopic (exact) mass is 319 g/mol. The molecule has 6 nitrogen and oxygen atoms in total. The van der Waals surface area contributed by atoms with E-state index < -0.39 is 0 Å². The number of nitrogens with two attached hydrogens (primary N) is 1. The molecule has 0 atom stereocenters. The van der Waals surface area contributed by atoms with Crippen molar-refractivity contribution in [3.05, 3.63) is 77.5 Å². The van der Waals surface area contributed by atoms with Gasteiger partial charge in [0.15, 0.2) is 0 Å². The summed E-state index contributed by atoms with van der Waals surface area (Å²) in [5.74, 6) is -0.197. The minimum Gasteiger partial charge on any atom is -0.384 e. The standard InChI is InChI=1S/C18H17N5O/c19-17(20)14-8-6-12(7-9-14)11-21-18(24)16-10-15(22-23-16)13-4-2-1-3-5-13/h1-10H,11H2,(H3,19,20)(H,21,24)(H,22,23). The largest absolute Gasteiger partial charge is 0.384 e. The summed E-state index contributed by atoms with van der Waals surface area (Å²) in [4.78, 5) is 12.2. The van der Waals surface area contributed by atoms with E-state index in [1.165, 1.54) is 0 Å². The maximum Gasteiger partial charge on any atom is 0.269 e. The summed E-state index contributed by atoms with van der Waals surface area (Å²) in [6.07, 6.45) is 0. The molecule has 0 bridgehead atoms. The van der Waals surface area contributed by atoms with E-state index in [4.69, 9.17) is 11.1 Å². The molecule has 0 spiro atoms. The number of hydrogen-bond donors (Lipinski definition) is 4. The lowest BCUT2D eigenvalue weighted by molar-refractivity contribution is 0.0946. The van der Waals surface area contributed by atoms with E-state index >= 15 is 0 Å². The summed E-state index contributed by atoms with van der Waals surface area (Å²) in [5, 5.41) is 17.1. The van der Waals surface area contributed by atoms with E-state index in [1.54, 1.807) is 18.2 Å². The Labute approximate surface area is 139 Å². The zero-order valence-corrected chi connectivity index (χ0v) is 12.9. The second-order valence-electron chi connectivity index (χ2n) is 5.33. The van der Waals surface area contributed by atoms with Crippen LogP contribution in [0, 0.1) is 5.41 Å². The summed E-state index contributed by atoms with van der Waals surface area (Å²) in [6.45, 7) is 0.386. The number of amidine groups is 1. The highest BCUT2D eigenvalue weighted by Gasteiger charge is 2.10. The highest BCUT2D eigenvalue weighted by atomic mass is 16.1. The summed E-state index contributed by atoms with van der Waals surface area (Å²) in [7, 11) is 0. The number of carbonyl (C=O) groups excluding carboxylic acids is 1. The van der Waals surface area contributed by atoms with Crippen molar-refractivity contribution in [3.8, 4) is 11.3 Å². The van der Waals surface area contributed by atoms with Crippen LogP contribution in [0.1, 0.15) is 21.6 Å². The number of benzene rings is 2. The summed E-state index contributed by atoms with van der Waals surface area (Å²) in [5.41, 5.74) is 9.09. The number of H-pyrrole nitrogens is 1. The van der Waals surface area contributed by atoms with E-state index in [2.05, 4.69) is 15.5 Å². The van der Waals surface area contributed by atoms with Crippen LogP contribution in [0.2, 0.25) is 0 Å². The van der Waals surface area contributed by atoms with Gasteiger partial charge < -0.3 is 11.1 Å². The van der Waals surface area contributed by atoms with Gasteiger partial charge in [-0.25, -0.2) is 0 Å². The fourth-order valence-electron chi connectivity index (χ4n) is 2.27. The molecule has 0 saturated carbocycles. The van der Waals surface area contributed by atoms with Gasteiger partial charge >= 0.3 is 0 Å². The third-order valence-electron chi connectivity index (χ3n) is 3.61. The molecule has 0 unspecified atom stereocenters. The zero-order valence-electron chi connectivity index (χ0n) is 12.9. The predicted molar refractivity (Wildman–Crippen MR) is 92.7 cm³/mol. The Balaban J connectivity index is 1.63. The van der Waals surface area contributed by atoms with Crippen molar-refractivity contribution in [2.75, 3.05) is 0 Å². The van der Waals surface area contributed by atoms with Crippen LogP contribution < -0.4 is 11.1 Å². The summed E-state index contributed by atoms with van der Waals surface area (Å²) >= 11 is 0. The number of nitrogens with zero attached hydrogens (tertiary/aromatic N) is 1. The molecule has 5 N–H and O–H groups in total. The molecule has 2 aromatic carbocycles. The van der Waals surface area contributed by atoms with Crippen LogP contribution in [0.5, 0.6) is 0 Å². The fourth-order valence-corrected chi connectivity index (χ4v) is 2.27. The molecule has 0 aliphatic heterocycles. The Morgan fingerprint density at radius 3 is 2.50 bits per heavy atom. The van der Waals surface area contributed by atoms with Crippen LogP contribution in [-0.2, 0) is 6.54 Å². The normalized spacial score (nSPS) is 10.3. The van der Waals surface area contributed by atoms with E-state index in [9.17, 15) is 4.79 Å². The first kappa shape index (κ1) is 15.5. The van der Waals surface area contributed by atoms with Crippen molar-refractivity contribution in [2.45, 2.75) is 6.54 Å². The van der Waals surface area contributed by atoms with Crippen molar-refractivity contribution in [3.63, 3.8) is 0 Å². The van der Waals surface area contributed by atoms with Crippen molar-refractivity contribution in [2.24, 2.45) is 5.73 Å². The molecule has 3 rings (SSSR count). The Hall–Kier alpha value is -3.41. The van der Waals surface area contributed by atoms with Gasteiger partial charge in [0.1, 0.15) is 11.5 Å². The lowest BCUT2D eigenvalue weighted by Crippen LogP contribution is -2.23. The topological polar surface area (TPSA) is 108 Å². The molecule has 1 amide bonds. The third-order valence-corrected chi connectivity index (χ3v) is 3.61. The number of hydrogen-bond acceptors (Lipinski definition) is 3. The number of carbonyl (C=O) groups is 1. The average Bonchev–Trinajstić information content (AvgIpc) is 3.11.